The van der Waals surface area contributed by atoms with E-state index >= 15 is 0 Å². The van der Waals surface area contributed by atoms with E-state index in [1.54, 1.807) is 23.5 Å². The number of likely N-dealkylation sites (tertiary alicyclic amines) is 1. The lowest BCUT2D eigenvalue weighted by atomic mass is 9.93. The summed E-state index contributed by atoms with van der Waals surface area (Å²) in [4.78, 5) is 16.3. The molecule has 1 atom stereocenters. The van der Waals surface area contributed by atoms with Gasteiger partial charge in [-0.05, 0) is 75.2 Å². The number of carbonyl (C=O) groups excluding carboxylic acids is 1. The van der Waals surface area contributed by atoms with Crippen LogP contribution >= 0.6 is 11.3 Å². The summed E-state index contributed by atoms with van der Waals surface area (Å²) in [6.07, 6.45) is 5.02. The van der Waals surface area contributed by atoms with Crippen LogP contribution in [-0.2, 0) is 0 Å². The molecule has 1 N–H and O–H groups in total. The molecule has 0 unspecified atom stereocenters. The summed E-state index contributed by atoms with van der Waals surface area (Å²) in [6.45, 7) is 6.15. The van der Waals surface area contributed by atoms with Crippen LogP contribution in [0.1, 0.15) is 57.4 Å². The van der Waals surface area contributed by atoms with Gasteiger partial charge in [0, 0.05) is 10.4 Å². The lowest BCUT2D eigenvalue weighted by molar-refractivity contribution is 0.0996. The number of nitrogens with zero attached hydrogens (tertiary/aromatic N) is 1. The van der Waals surface area contributed by atoms with Crippen molar-refractivity contribution in [2.75, 3.05) is 18.4 Å². The van der Waals surface area contributed by atoms with Crippen LogP contribution in [0.4, 0.5) is 9.39 Å². The maximum Gasteiger partial charge on any atom is 0.291 e. The molecule has 1 aliphatic rings. The Morgan fingerprint density at radius 3 is 2.52 bits per heavy atom. The molecular weight excluding hydrogens is 387 g/mol. The van der Waals surface area contributed by atoms with E-state index in [4.69, 9.17) is 4.42 Å². The highest BCUT2D eigenvalue weighted by atomic mass is 32.1. The van der Waals surface area contributed by atoms with Gasteiger partial charge in [-0.2, -0.15) is 0 Å². The van der Waals surface area contributed by atoms with E-state index in [-0.39, 0.29) is 23.5 Å². The predicted octanol–water partition coefficient (Wildman–Crippen LogP) is 5.92. The zero-order valence-electron chi connectivity index (χ0n) is 16.7. The Bertz CT molecular complexity index is 973. The van der Waals surface area contributed by atoms with Crippen molar-refractivity contribution in [3.8, 4) is 0 Å². The molecule has 3 aromatic rings. The highest BCUT2D eigenvalue weighted by Crippen LogP contribution is 2.43. The number of thiophene rings is 1. The molecule has 3 heterocycles. The normalized spacial score (nSPS) is 16.0. The lowest BCUT2D eigenvalue weighted by Crippen LogP contribution is -2.35. The SMILES string of the molecule is Cc1sc(NC(=O)c2ccco2)c([C@@H](c2ccc(F)cc2)N2CCCCC2)c1C. The van der Waals surface area contributed by atoms with Crippen molar-refractivity contribution < 1.29 is 13.6 Å². The van der Waals surface area contributed by atoms with Crippen LogP contribution in [0.3, 0.4) is 0 Å². The summed E-state index contributed by atoms with van der Waals surface area (Å²) in [7, 11) is 0. The Kier molecular flexibility index (Phi) is 5.83. The molecule has 1 fully saturated rings. The van der Waals surface area contributed by atoms with Gasteiger partial charge in [-0.25, -0.2) is 4.39 Å². The van der Waals surface area contributed by atoms with Gasteiger partial charge in [-0.3, -0.25) is 9.69 Å². The number of hydrogen-bond acceptors (Lipinski definition) is 4. The Balaban J connectivity index is 1.77. The highest BCUT2D eigenvalue weighted by Gasteiger charge is 2.30. The Labute approximate surface area is 174 Å². The molecule has 4 rings (SSSR count). The maximum atomic E-state index is 13.6. The highest BCUT2D eigenvalue weighted by molar-refractivity contribution is 7.16. The summed E-state index contributed by atoms with van der Waals surface area (Å²) < 4.78 is 18.9. The van der Waals surface area contributed by atoms with E-state index in [2.05, 4.69) is 24.1 Å². The molecule has 6 heteroatoms. The molecule has 152 valence electrons. The first-order valence-electron chi connectivity index (χ1n) is 9.99. The van der Waals surface area contributed by atoms with E-state index in [9.17, 15) is 9.18 Å². The van der Waals surface area contributed by atoms with E-state index < -0.39 is 0 Å². The number of amides is 1. The third-order valence-electron chi connectivity index (χ3n) is 5.62. The smallest absolute Gasteiger partial charge is 0.291 e. The van der Waals surface area contributed by atoms with Crippen molar-refractivity contribution in [1.29, 1.82) is 0 Å². The average molecular weight is 413 g/mol. The summed E-state index contributed by atoms with van der Waals surface area (Å²) in [5, 5.41) is 3.89. The minimum absolute atomic E-state index is 0.0206. The molecule has 0 spiro atoms. The van der Waals surface area contributed by atoms with E-state index in [1.165, 1.54) is 35.3 Å². The Morgan fingerprint density at radius 1 is 1.14 bits per heavy atom. The van der Waals surface area contributed by atoms with Gasteiger partial charge >= 0.3 is 0 Å². The number of benzene rings is 1. The van der Waals surface area contributed by atoms with Crippen molar-refractivity contribution in [1.82, 2.24) is 4.90 Å². The summed E-state index contributed by atoms with van der Waals surface area (Å²) in [5.74, 6) is -0.208. The second-order valence-corrected chi connectivity index (χ2v) is 8.73. The number of aryl methyl sites for hydroxylation is 1. The van der Waals surface area contributed by atoms with Crippen LogP contribution in [0.2, 0.25) is 0 Å². The number of piperidine rings is 1. The third-order valence-corrected chi connectivity index (χ3v) is 6.76. The first kappa shape index (κ1) is 19.9. The molecular formula is C23H25FN2O2S. The van der Waals surface area contributed by atoms with E-state index in [1.807, 2.05) is 12.1 Å². The molecule has 1 saturated heterocycles. The molecule has 1 aliphatic heterocycles. The van der Waals surface area contributed by atoms with Crippen LogP contribution in [0.15, 0.2) is 47.1 Å². The minimum Gasteiger partial charge on any atom is -0.459 e. The molecule has 1 aromatic carbocycles. The third kappa shape index (κ3) is 4.14. The zero-order chi connectivity index (χ0) is 20.4. The summed E-state index contributed by atoms with van der Waals surface area (Å²) in [6, 6.07) is 10.1. The number of nitrogens with one attached hydrogen (secondary N) is 1. The van der Waals surface area contributed by atoms with E-state index in [0.717, 1.165) is 42.1 Å². The van der Waals surface area contributed by atoms with Gasteiger partial charge in [0.25, 0.3) is 5.91 Å². The molecule has 2 aromatic heterocycles. The lowest BCUT2D eigenvalue weighted by Gasteiger charge is -2.36. The van der Waals surface area contributed by atoms with Gasteiger partial charge < -0.3 is 9.73 Å². The zero-order valence-corrected chi connectivity index (χ0v) is 17.5. The molecule has 0 bridgehead atoms. The van der Waals surface area contributed by atoms with Crippen LogP contribution in [0.5, 0.6) is 0 Å². The fraction of sp³-hybridized carbons (Fsp3) is 0.348. The van der Waals surface area contributed by atoms with Gasteiger partial charge in [0.2, 0.25) is 0 Å². The number of carbonyl (C=O) groups is 1. The summed E-state index contributed by atoms with van der Waals surface area (Å²) >= 11 is 1.58. The Morgan fingerprint density at radius 2 is 1.86 bits per heavy atom. The van der Waals surface area contributed by atoms with Gasteiger partial charge in [-0.15, -0.1) is 11.3 Å². The first-order valence-corrected chi connectivity index (χ1v) is 10.8. The molecule has 4 nitrogen and oxygen atoms in total. The minimum atomic E-state index is -0.256. The second-order valence-electron chi connectivity index (χ2n) is 7.51. The van der Waals surface area contributed by atoms with Crippen LogP contribution < -0.4 is 5.32 Å². The van der Waals surface area contributed by atoms with Crippen LogP contribution in [0.25, 0.3) is 0 Å². The molecule has 0 aliphatic carbocycles. The van der Waals surface area contributed by atoms with Gasteiger partial charge in [0.05, 0.1) is 12.3 Å². The number of anilines is 1. The predicted molar refractivity (Wildman–Crippen MR) is 114 cm³/mol. The summed E-state index contributed by atoms with van der Waals surface area (Å²) in [5.41, 5.74) is 3.31. The topological polar surface area (TPSA) is 45.5 Å². The van der Waals surface area contributed by atoms with Crippen LogP contribution in [-0.4, -0.2) is 23.9 Å². The van der Waals surface area contributed by atoms with Crippen molar-refractivity contribution in [2.24, 2.45) is 0 Å². The molecule has 29 heavy (non-hydrogen) atoms. The number of halogens is 1. The number of rotatable bonds is 5. The van der Waals surface area contributed by atoms with Crippen molar-refractivity contribution in [2.45, 2.75) is 39.2 Å². The quantitative estimate of drug-likeness (QED) is 0.565. The van der Waals surface area contributed by atoms with Crippen molar-refractivity contribution in [3.05, 3.63) is 75.8 Å². The Hall–Kier alpha value is -2.44. The van der Waals surface area contributed by atoms with Gasteiger partial charge in [0.15, 0.2) is 5.76 Å². The fourth-order valence-electron chi connectivity index (χ4n) is 4.02. The number of furan rings is 1. The van der Waals surface area contributed by atoms with Crippen molar-refractivity contribution >= 4 is 22.2 Å². The largest absolute Gasteiger partial charge is 0.459 e. The maximum absolute atomic E-state index is 13.6. The fourth-order valence-corrected chi connectivity index (χ4v) is 5.11. The van der Waals surface area contributed by atoms with Crippen LogP contribution in [0, 0.1) is 19.7 Å². The second kappa shape index (κ2) is 8.51. The molecule has 0 radical (unpaired) electrons. The average Bonchev–Trinajstić information content (AvgIpc) is 3.35. The molecule has 1 amide bonds. The molecule has 0 saturated carbocycles. The number of hydrogen-bond donors (Lipinski definition) is 1. The van der Waals surface area contributed by atoms with E-state index in [0.29, 0.717) is 0 Å². The standard InChI is InChI=1S/C23H25FN2O2S/c1-15-16(2)29-23(25-22(27)19-7-6-14-28-19)20(15)21(26-12-4-3-5-13-26)17-8-10-18(24)11-9-17/h6-11,14,21H,3-5,12-13H2,1-2H3,(H,25,27)/t21-/m1/s1. The first-order chi connectivity index (χ1) is 14.0. The van der Waals surface area contributed by atoms with Gasteiger partial charge in [0.1, 0.15) is 10.8 Å². The van der Waals surface area contributed by atoms with Crippen molar-refractivity contribution in [3.63, 3.8) is 0 Å². The van der Waals surface area contributed by atoms with Gasteiger partial charge in [-0.1, -0.05) is 18.6 Å². The monoisotopic (exact) mass is 412 g/mol.